The van der Waals surface area contributed by atoms with E-state index in [0.717, 1.165) is 29.8 Å². The first-order valence-corrected chi connectivity index (χ1v) is 6.16. The summed E-state index contributed by atoms with van der Waals surface area (Å²) in [6.45, 7) is 3.63. The molecule has 3 aromatic rings. The zero-order valence-electron chi connectivity index (χ0n) is 10.00. The third-order valence-electron chi connectivity index (χ3n) is 2.89. The highest BCUT2D eigenvalue weighted by Gasteiger charge is 2.05. The van der Waals surface area contributed by atoms with Gasteiger partial charge >= 0.3 is 0 Å². The second kappa shape index (κ2) is 4.38. The Balaban J connectivity index is 1.96. The topological polar surface area (TPSA) is 51.4 Å². The van der Waals surface area contributed by atoms with Crippen LogP contribution in [0.5, 0.6) is 0 Å². The first-order valence-electron chi connectivity index (χ1n) is 5.75. The fraction of sp³-hybridized carbons (Fsp3) is 0.250. The molecule has 3 heterocycles. The van der Waals surface area contributed by atoms with E-state index in [4.69, 9.17) is 12.2 Å². The van der Waals surface area contributed by atoms with Gasteiger partial charge in [0.15, 0.2) is 10.4 Å². The minimum absolute atomic E-state index is 0.711. The maximum atomic E-state index is 5.33. The summed E-state index contributed by atoms with van der Waals surface area (Å²) in [5.41, 5.74) is 3.02. The van der Waals surface area contributed by atoms with Crippen LogP contribution in [0.1, 0.15) is 5.56 Å². The van der Waals surface area contributed by atoms with Crippen molar-refractivity contribution in [3.63, 3.8) is 0 Å². The number of H-pyrrole nitrogens is 1. The molecular formula is C12H13N5S. The van der Waals surface area contributed by atoms with Gasteiger partial charge in [-0.05, 0) is 30.8 Å². The molecule has 18 heavy (non-hydrogen) atoms. The van der Waals surface area contributed by atoms with E-state index >= 15 is 0 Å². The Kier molecular flexibility index (Phi) is 2.71. The number of aromatic nitrogens is 5. The number of aromatic amines is 1. The number of pyridine rings is 1. The molecule has 0 fully saturated rings. The Morgan fingerprint density at radius 1 is 1.39 bits per heavy atom. The minimum Gasteiger partial charge on any atom is -0.336 e. The van der Waals surface area contributed by atoms with Gasteiger partial charge in [-0.25, -0.2) is 9.97 Å². The molecule has 6 heteroatoms. The molecule has 0 bridgehead atoms. The number of hydrogen-bond donors (Lipinski definition) is 1. The first kappa shape index (κ1) is 11.2. The highest BCUT2D eigenvalue weighted by Crippen LogP contribution is 2.13. The lowest BCUT2D eigenvalue weighted by Crippen LogP contribution is -2.06. The predicted molar refractivity (Wildman–Crippen MR) is 71.9 cm³/mol. The van der Waals surface area contributed by atoms with Gasteiger partial charge in [-0.3, -0.25) is 4.57 Å². The maximum absolute atomic E-state index is 5.33. The normalized spacial score (nSPS) is 11.2. The van der Waals surface area contributed by atoms with Crippen LogP contribution in [0.25, 0.3) is 11.2 Å². The Labute approximate surface area is 109 Å². The smallest absolute Gasteiger partial charge is 0.179 e. The molecule has 3 rings (SSSR count). The molecule has 0 saturated heterocycles. The molecule has 0 unspecified atom stereocenters. The van der Waals surface area contributed by atoms with E-state index in [-0.39, 0.29) is 0 Å². The highest BCUT2D eigenvalue weighted by atomic mass is 32.1. The van der Waals surface area contributed by atoms with Crippen molar-refractivity contribution >= 4 is 23.4 Å². The Hall–Kier alpha value is -1.95. The lowest BCUT2D eigenvalue weighted by atomic mass is 10.3. The van der Waals surface area contributed by atoms with Gasteiger partial charge in [0.05, 0.1) is 11.8 Å². The summed E-state index contributed by atoms with van der Waals surface area (Å²) in [6.07, 6.45) is 7.38. The van der Waals surface area contributed by atoms with Gasteiger partial charge in [-0.1, -0.05) is 0 Å². The summed E-state index contributed by atoms with van der Waals surface area (Å²) >= 11 is 5.33. The zero-order chi connectivity index (χ0) is 12.5. The number of fused-ring (bicyclic) bond motifs is 1. The number of nitrogens with zero attached hydrogens (tertiary/aromatic N) is 4. The molecule has 92 valence electrons. The Morgan fingerprint density at radius 2 is 2.28 bits per heavy atom. The molecule has 3 aromatic heterocycles. The Morgan fingerprint density at radius 3 is 3.06 bits per heavy atom. The molecule has 0 spiro atoms. The van der Waals surface area contributed by atoms with Gasteiger partial charge < -0.3 is 9.55 Å². The summed E-state index contributed by atoms with van der Waals surface area (Å²) in [5, 5.41) is 0. The summed E-state index contributed by atoms with van der Waals surface area (Å²) in [7, 11) is 0. The number of imidazole rings is 2. The quantitative estimate of drug-likeness (QED) is 0.734. The molecule has 0 radical (unpaired) electrons. The van der Waals surface area contributed by atoms with Crippen LogP contribution in [-0.2, 0) is 13.1 Å². The second-order valence-corrected chi connectivity index (χ2v) is 4.65. The van der Waals surface area contributed by atoms with Gasteiger partial charge in [0.2, 0.25) is 0 Å². The number of aryl methyl sites for hydroxylation is 3. The van der Waals surface area contributed by atoms with Crippen LogP contribution >= 0.6 is 12.2 Å². The lowest BCUT2D eigenvalue weighted by Gasteiger charge is -2.04. The molecule has 0 aliphatic carbocycles. The molecule has 0 aliphatic heterocycles. The number of hydrogen-bond acceptors (Lipinski definition) is 3. The third kappa shape index (κ3) is 1.95. The summed E-state index contributed by atoms with van der Waals surface area (Å²) in [4.78, 5) is 11.7. The van der Waals surface area contributed by atoms with E-state index in [2.05, 4.69) is 21.0 Å². The van der Waals surface area contributed by atoms with Crippen LogP contribution in [0.3, 0.4) is 0 Å². The largest absolute Gasteiger partial charge is 0.336 e. The SMILES string of the molecule is Cc1cnc2c(c1)[nH]c(=S)n2CCn1ccnc1. The fourth-order valence-corrected chi connectivity index (χ4v) is 2.28. The standard InChI is InChI=1S/C12H13N5S/c1-9-6-10-11(14-7-9)17(12(18)15-10)5-4-16-3-2-13-8-16/h2-3,6-8H,4-5H2,1H3,(H,15,18). The lowest BCUT2D eigenvalue weighted by molar-refractivity contribution is 0.582. The number of nitrogens with one attached hydrogen (secondary N) is 1. The molecule has 0 aromatic carbocycles. The summed E-state index contributed by atoms with van der Waals surface area (Å²) in [5.74, 6) is 0. The van der Waals surface area contributed by atoms with Crippen molar-refractivity contribution in [2.45, 2.75) is 20.0 Å². The average Bonchev–Trinajstić information content (AvgIpc) is 2.93. The van der Waals surface area contributed by atoms with Crippen molar-refractivity contribution in [2.75, 3.05) is 0 Å². The van der Waals surface area contributed by atoms with Crippen LogP contribution in [-0.4, -0.2) is 24.1 Å². The fourth-order valence-electron chi connectivity index (χ4n) is 1.99. The van der Waals surface area contributed by atoms with Crippen LogP contribution < -0.4 is 0 Å². The van der Waals surface area contributed by atoms with Crippen LogP contribution in [0.4, 0.5) is 0 Å². The summed E-state index contributed by atoms with van der Waals surface area (Å²) in [6, 6.07) is 2.06. The Bertz CT molecular complexity index is 723. The first-order chi connectivity index (χ1) is 8.74. The minimum atomic E-state index is 0.711. The van der Waals surface area contributed by atoms with Crippen molar-refractivity contribution in [3.8, 4) is 0 Å². The predicted octanol–water partition coefficient (Wildman–Crippen LogP) is 2.30. The zero-order valence-corrected chi connectivity index (χ0v) is 10.8. The van der Waals surface area contributed by atoms with Crippen LogP contribution in [0.2, 0.25) is 0 Å². The maximum Gasteiger partial charge on any atom is 0.179 e. The molecule has 0 aliphatic rings. The van der Waals surface area contributed by atoms with Gasteiger partial charge in [-0.2, -0.15) is 0 Å². The van der Waals surface area contributed by atoms with E-state index in [9.17, 15) is 0 Å². The number of rotatable bonds is 3. The van der Waals surface area contributed by atoms with Crippen molar-refractivity contribution in [1.29, 1.82) is 0 Å². The molecule has 1 N–H and O–H groups in total. The summed E-state index contributed by atoms with van der Waals surface area (Å²) < 4.78 is 4.75. The molecular weight excluding hydrogens is 246 g/mol. The van der Waals surface area contributed by atoms with Crippen molar-refractivity contribution in [1.82, 2.24) is 24.1 Å². The van der Waals surface area contributed by atoms with Crippen molar-refractivity contribution in [3.05, 3.63) is 41.3 Å². The van der Waals surface area contributed by atoms with Crippen molar-refractivity contribution < 1.29 is 0 Å². The molecule has 0 atom stereocenters. The van der Waals surface area contributed by atoms with E-state index < -0.39 is 0 Å². The van der Waals surface area contributed by atoms with Gasteiger partial charge in [0.1, 0.15) is 0 Å². The second-order valence-electron chi connectivity index (χ2n) is 4.27. The van der Waals surface area contributed by atoms with E-state index in [0.29, 0.717) is 4.77 Å². The molecule has 0 saturated carbocycles. The van der Waals surface area contributed by atoms with Crippen LogP contribution in [0.15, 0.2) is 31.0 Å². The van der Waals surface area contributed by atoms with Crippen molar-refractivity contribution in [2.24, 2.45) is 0 Å². The average molecular weight is 259 g/mol. The third-order valence-corrected chi connectivity index (χ3v) is 3.21. The van der Waals surface area contributed by atoms with Gasteiger partial charge in [-0.15, -0.1) is 0 Å². The molecule has 0 amide bonds. The van der Waals surface area contributed by atoms with E-state index in [1.807, 2.05) is 28.5 Å². The van der Waals surface area contributed by atoms with Gasteiger partial charge in [0, 0.05) is 31.7 Å². The van der Waals surface area contributed by atoms with E-state index in [1.165, 1.54) is 0 Å². The van der Waals surface area contributed by atoms with E-state index in [1.54, 1.807) is 12.5 Å². The highest BCUT2D eigenvalue weighted by molar-refractivity contribution is 7.71. The monoisotopic (exact) mass is 259 g/mol. The van der Waals surface area contributed by atoms with Crippen LogP contribution in [0, 0.1) is 11.7 Å². The molecule has 5 nitrogen and oxygen atoms in total. The van der Waals surface area contributed by atoms with Gasteiger partial charge in [0.25, 0.3) is 0 Å².